The molecule has 1 aliphatic rings. The number of ether oxygens (including phenoxy) is 1. The summed E-state index contributed by atoms with van der Waals surface area (Å²) in [6.07, 6.45) is 0.195. The summed E-state index contributed by atoms with van der Waals surface area (Å²) >= 11 is 3.37. The molecule has 0 N–H and O–H groups in total. The number of aryl methyl sites for hydroxylation is 1. The molecule has 1 atom stereocenters. The molecule has 1 aromatic rings. The normalized spacial score (nSPS) is 21.5. The molecular weight excluding hydrogens is 230 g/mol. The molecule has 2 heterocycles. The first-order valence-electron chi connectivity index (χ1n) is 4.89. The predicted octanol–water partition coefficient (Wildman–Crippen LogP) is 1.70. The van der Waals surface area contributed by atoms with Crippen LogP contribution in [0.1, 0.15) is 10.7 Å². The molecule has 2 rings (SSSR count). The minimum atomic E-state index is -0.217. The Morgan fingerprint density at radius 2 is 2.60 bits per heavy atom. The van der Waals surface area contributed by atoms with Gasteiger partial charge < -0.3 is 4.74 Å². The van der Waals surface area contributed by atoms with Crippen LogP contribution >= 0.6 is 23.1 Å². The zero-order valence-corrected chi connectivity index (χ0v) is 10.2. The Labute approximate surface area is 97.2 Å². The van der Waals surface area contributed by atoms with Crippen molar-refractivity contribution in [2.24, 2.45) is 0 Å². The number of nitrogens with zero attached hydrogens (tertiary/aromatic N) is 1. The number of Topliss-reactive ketones (excluding diaryl/α,β-unsaturated/α-hetero) is 1. The summed E-state index contributed by atoms with van der Waals surface area (Å²) < 4.78 is 5.42. The first kappa shape index (κ1) is 11.1. The van der Waals surface area contributed by atoms with Crippen LogP contribution in [0.2, 0.25) is 0 Å². The third-order valence-electron chi connectivity index (χ3n) is 2.20. The molecular formula is C10H13NO2S2. The van der Waals surface area contributed by atoms with E-state index in [1.807, 2.05) is 12.3 Å². The SMILES string of the molecule is Cc1nc(CC(=O)C2CSCCO2)cs1. The average Bonchev–Trinajstić information content (AvgIpc) is 2.65. The van der Waals surface area contributed by atoms with Crippen LogP contribution in [0, 0.1) is 6.92 Å². The number of carbonyl (C=O) groups is 1. The molecule has 1 unspecified atom stereocenters. The van der Waals surface area contributed by atoms with Gasteiger partial charge in [-0.3, -0.25) is 4.79 Å². The van der Waals surface area contributed by atoms with Gasteiger partial charge in [-0.15, -0.1) is 11.3 Å². The Morgan fingerprint density at radius 3 is 3.20 bits per heavy atom. The van der Waals surface area contributed by atoms with Crippen molar-refractivity contribution in [3.05, 3.63) is 16.1 Å². The van der Waals surface area contributed by atoms with Crippen LogP contribution in [0.4, 0.5) is 0 Å². The van der Waals surface area contributed by atoms with Crippen molar-refractivity contribution in [2.75, 3.05) is 18.1 Å². The van der Waals surface area contributed by atoms with Crippen LogP contribution < -0.4 is 0 Å². The predicted molar refractivity (Wildman–Crippen MR) is 62.6 cm³/mol. The molecule has 1 aromatic heterocycles. The first-order chi connectivity index (χ1) is 7.25. The van der Waals surface area contributed by atoms with E-state index in [-0.39, 0.29) is 11.9 Å². The standard InChI is InChI=1S/C10H13NO2S2/c1-7-11-8(5-15-7)4-9(12)10-6-14-3-2-13-10/h5,10H,2-4,6H2,1H3. The fourth-order valence-corrected chi connectivity index (χ4v) is 2.94. The zero-order chi connectivity index (χ0) is 10.7. The van der Waals surface area contributed by atoms with E-state index >= 15 is 0 Å². The summed E-state index contributed by atoms with van der Waals surface area (Å²) in [5.74, 6) is 1.95. The lowest BCUT2D eigenvalue weighted by molar-refractivity contribution is -0.128. The summed E-state index contributed by atoms with van der Waals surface area (Å²) in [4.78, 5) is 16.1. The van der Waals surface area contributed by atoms with Gasteiger partial charge >= 0.3 is 0 Å². The summed E-state index contributed by atoms with van der Waals surface area (Å²) in [5, 5.41) is 2.96. The second kappa shape index (κ2) is 5.09. The van der Waals surface area contributed by atoms with Crippen LogP contribution in [-0.2, 0) is 16.0 Å². The zero-order valence-electron chi connectivity index (χ0n) is 8.56. The molecule has 1 saturated heterocycles. The van der Waals surface area contributed by atoms with Crippen molar-refractivity contribution in [3.63, 3.8) is 0 Å². The maximum absolute atomic E-state index is 11.8. The van der Waals surface area contributed by atoms with Gasteiger partial charge in [0.2, 0.25) is 0 Å². The Kier molecular flexibility index (Phi) is 3.77. The van der Waals surface area contributed by atoms with Gasteiger partial charge in [-0.05, 0) is 6.92 Å². The molecule has 0 bridgehead atoms. The van der Waals surface area contributed by atoms with E-state index in [1.54, 1.807) is 23.1 Å². The van der Waals surface area contributed by atoms with Crippen LogP contribution in [0.25, 0.3) is 0 Å². The van der Waals surface area contributed by atoms with Crippen molar-refractivity contribution in [3.8, 4) is 0 Å². The van der Waals surface area contributed by atoms with E-state index in [0.29, 0.717) is 13.0 Å². The molecule has 0 saturated carbocycles. The number of ketones is 1. The van der Waals surface area contributed by atoms with Gasteiger partial charge in [0.15, 0.2) is 5.78 Å². The molecule has 82 valence electrons. The summed E-state index contributed by atoms with van der Waals surface area (Å²) in [5.41, 5.74) is 0.877. The van der Waals surface area contributed by atoms with Gasteiger partial charge in [-0.1, -0.05) is 0 Å². The number of thiazole rings is 1. The Bertz CT molecular complexity index is 345. The van der Waals surface area contributed by atoms with Gasteiger partial charge in [0.05, 0.1) is 23.7 Å². The minimum absolute atomic E-state index is 0.160. The molecule has 3 nitrogen and oxygen atoms in total. The molecule has 0 aromatic carbocycles. The maximum atomic E-state index is 11.8. The third kappa shape index (κ3) is 3.03. The highest BCUT2D eigenvalue weighted by Gasteiger charge is 2.22. The molecule has 0 amide bonds. The molecule has 0 spiro atoms. The molecule has 0 aliphatic carbocycles. The summed E-state index contributed by atoms with van der Waals surface area (Å²) in [6, 6.07) is 0. The van der Waals surface area contributed by atoms with Crippen molar-refractivity contribution in [2.45, 2.75) is 19.4 Å². The monoisotopic (exact) mass is 243 g/mol. The second-order valence-corrected chi connectivity index (χ2v) is 5.65. The minimum Gasteiger partial charge on any atom is -0.369 e. The highest BCUT2D eigenvalue weighted by Crippen LogP contribution is 2.16. The van der Waals surface area contributed by atoms with Crippen molar-refractivity contribution in [1.29, 1.82) is 0 Å². The molecule has 15 heavy (non-hydrogen) atoms. The lowest BCUT2D eigenvalue weighted by Crippen LogP contribution is -2.32. The summed E-state index contributed by atoms with van der Waals surface area (Å²) in [7, 11) is 0. The number of hydrogen-bond acceptors (Lipinski definition) is 5. The van der Waals surface area contributed by atoms with E-state index in [4.69, 9.17) is 4.74 Å². The number of hydrogen-bond donors (Lipinski definition) is 0. The van der Waals surface area contributed by atoms with E-state index in [0.717, 1.165) is 22.2 Å². The Balaban J connectivity index is 1.91. The Hall–Kier alpha value is -0.390. The fourth-order valence-electron chi connectivity index (χ4n) is 1.46. The fraction of sp³-hybridized carbons (Fsp3) is 0.600. The van der Waals surface area contributed by atoms with E-state index in [2.05, 4.69) is 4.98 Å². The van der Waals surface area contributed by atoms with Crippen LogP contribution in [0.5, 0.6) is 0 Å². The van der Waals surface area contributed by atoms with Gasteiger partial charge in [-0.25, -0.2) is 4.98 Å². The number of aromatic nitrogens is 1. The maximum Gasteiger partial charge on any atom is 0.168 e. The van der Waals surface area contributed by atoms with Crippen LogP contribution in [0.3, 0.4) is 0 Å². The van der Waals surface area contributed by atoms with Crippen molar-refractivity contribution < 1.29 is 9.53 Å². The third-order valence-corrected chi connectivity index (χ3v) is 4.01. The van der Waals surface area contributed by atoms with E-state index in [9.17, 15) is 4.79 Å². The quantitative estimate of drug-likeness (QED) is 0.810. The largest absolute Gasteiger partial charge is 0.369 e. The number of carbonyl (C=O) groups excluding carboxylic acids is 1. The second-order valence-electron chi connectivity index (χ2n) is 3.44. The first-order valence-corrected chi connectivity index (χ1v) is 6.92. The van der Waals surface area contributed by atoms with Crippen molar-refractivity contribution in [1.82, 2.24) is 4.98 Å². The van der Waals surface area contributed by atoms with Gasteiger partial charge in [-0.2, -0.15) is 11.8 Å². The smallest absolute Gasteiger partial charge is 0.168 e. The number of rotatable bonds is 3. The molecule has 1 aliphatic heterocycles. The van der Waals surface area contributed by atoms with Crippen molar-refractivity contribution >= 4 is 28.9 Å². The highest BCUT2D eigenvalue weighted by molar-refractivity contribution is 7.99. The van der Waals surface area contributed by atoms with Crippen LogP contribution in [0.15, 0.2) is 5.38 Å². The lowest BCUT2D eigenvalue weighted by Gasteiger charge is -2.20. The van der Waals surface area contributed by atoms with Crippen LogP contribution in [-0.4, -0.2) is 35.0 Å². The van der Waals surface area contributed by atoms with Gasteiger partial charge in [0.1, 0.15) is 6.10 Å². The molecule has 5 heteroatoms. The van der Waals surface area contributed by atoms with Gasteiger partial charge in [0, 0.05) is 16.9 Å². The topological polar surface area (TPSA) is 39.2 Å². The Morgan fingerprint density at radius 1 is 1.73 bits per heavy atom. The highest BCUT2D eigenvalue weighted by atomic mass is 32.2. The van der Waals surface area contributed by atoms with E-state index in [1.165, 1.54) is 0 Å². The lowest BCUT2D eigenvalue weighted by atomic mass is 10.1. The molecule has 0 radical (unpaired) electrons. The number of thioether (sulfide) groups is 1. The summed E-state index contributed by atoms with van der Waals surface area (Å²) in [6.45, 7) is 2.64. The molecule has 1 fully saturated rings. The van der Waals surface area contributed by atoms with Gasteiger partial charge in [0.25, 0.3) is 0 Å². The van der Waals surface area contributed by atoms with E-state index < -0.39 is 0 Å². The average molecular weight is 243 g/mol.